The largest absolute Gasteiger partial charge is 0.447 e. The molecule has 0 atom stereocenters. The monoisotopic (exact) mass is 260 g/mol. The van der Waals surface area contributed by atoms with Crippen molar-refractivity contribution >= 4 is 18.8 Å². The van der Waals surface area contributed by atoms with Crippen molar-refractivity contribution in [2.75, 3.05) is 24.6 Å². The lowest BCUT2D eigenvalue weighted by Crippen LogP contribution is -2.40. The molecule has 2 aliphatic heterocycles. The zero-order valence-corrected chi connectivity index (χ0v) is 11.0. The van der Waals surface area contributed by atoms with Crippen LogP contribution in [-0.4, -0.2) is 42.7 Å². The van der Waals surface area contributed by atoms with Gasteiger partial charge in [-0.1, -0.05) is 6.07 Å². The molecule has 0 unspecified atom stereocenters. The molecular formula is C13H17BN2O3. The number of amides is 1. The minimum Gasteiger partial charge on any atom is -0.447 e. The highest BCUT2D eigenvalue weighted by Gasteiger charge is 2.26. The summed E-state index contributed by atoms with van der Waals surface area (Å²) in [7, 11) is -0.437. The number of carbonyl (C=O) groups is 1. The summed E-state index contributed by atoms with van der Waals surface area (Å²) in [6, 6.07) is 6.09. The lowest BCUT2D eigenvalue weighted by Gasteiger charge is -2.30. The summed E-state index contributed by atoms with van der Waals surface area (Å²) < 4.78 is 4.96. The summed E-state index contributed by atoms with van der Waals surface area (Å²) in [5.41, 5.74) is 3.37. The summed E-state index contributed by atoms with van der Waals surface area (Å²) in [5, 5.41) is 9.67. The Balaban J connectivity index is 1.86. The number of cyclic esters (lactones) is 1. The average Bonchev–Trinajstić information content (AvgIpc) is 2.83. The van der Waals surface area contributed by atoms with Crippen molar-refractivity contribution in [2.45, 2.75) is 19.8 Å². The predicted octanol–water partition coefficient (Wildman–Crippen LogP) is 1.11. The van der Waals surface area contributed by atoms with E-state index in [1.807, 2.05) is 16.9 Å². The van der Waals surface area contributed by atoms with Crippen LogP contribution in [0.1, 0.15) is 11.1 Å². The zero-order chi connectivity index (χ0) is 13.4. The van der Waals surface area contributed by atoms with Crippen molar-refractivity contribution < 1.29 is 14.6 Å². The molecule has 3 rings (SSSR count). The molecular weight excluding hydrogens is 243 g/mol. The number of carbonyl (C=O) groups excluding carboxylic acids is 1. The molecule has 1 N–H and O–H groups in total. The first-order valence-corrected chi connectivity index (χ1v) is 6.63. The number of fused-ring (bicyclic) bond motifs is 1. The van der Waals surface area contributed by atoms with Crippen LogP contribution in [0.3, 0.4) is 0 Å². The van der Waals surface area contributed by atoms with Crippen molar-refractivity contribution in [3.8, 4) is 0 Å². The van der Waals surface area contributed by atoms with Crippen molar-refractivity contribution in [1.29, 1.82) is 0 Å². The SMILES string of the molecule is CB(O)N1CCc2ccc(N3CCOC3=O)cc2C1. The fourth-order valence-corrected chi connectivity index (χ4v) is 2.68. The number of rotatable bonds is 2. The normalized spacial score (nSPS) is 19.3. The predicted molar refractivity (Wildman–Crippen MR) is 73.1 cm³/mol. The van der Waals surface area contributed by atoms with Gasteiger partial charge < -0.3 is 14.6 Å². The Morgan fingerprint density at radius 1 is 1.32 bits per heavy atom. The topological polar surface area (TPSA) is 53.0 Å². The van der Waals surface area contributed by atoms with Crippen molar-refractivity contribution in [3.05, 3.63) is 29.3 Å². The Morgan fingerprint density at radius 2 is 2.16 bits per heavy atom. The second-order valence-corrected chi connectivity index (χ2v) is 5.07. The van der Waals surface area contributed by atoms with Crippen molar-refractivity contribution in [2.24, 2.45) is 0 Å². The van der Waals surface area contributed by atoms with Crippen LogP contribution >= 0.6 is 0 Å². The standard InChI is InChI=1S/C13H17BN2O3/c1-14(18)15-5-4-10-2-3-12(8-11(10)9-15)16-6-7-19-13(16)17/h2-3,8,18H,4-7,9H2,1H3. The van der Waals surface area contributed by atoms with E-state index in [4.69, 9.17) is 4.74 Å². The van der Waals surface area contributed by atoms with E-state index in [0.29, 0.717) is 13.2 Å². The molecule has 0 aromatic heterocycles. The fraction of sp³-hybridized carbons (Fsp3) is 0.462. The number of nitrogens with zero attached hydrogens (tertiary/aromatic N) is 2. The van der Waals surface area contributed by atoms with Gasteiger partial charge in [-0.05, 0) is 43.0 Å². The number of hydrogen-bond acceptors (Lipinski definition) is 4. The summed E-state index contributed by atoms with van der Waals surface area (Å²) in [6.07, 6.45) is 0.661. The van der Waals surface area contributed by atoms with Gasteiger partial charge in [0, 0.05) is 12.2 Å². The van der Waals surface area contributed by atoms with Gasteiger partial charge in [-0.3, -0.25) is 4.90 Å². The van der Waals surface area contributed by atoms with Crippen molar-refractivity contribution in [3.63, 3.8) is 0 Å². The molecule has 6 heteroatoms. The molecule has 0 bridgehead atoms. The van der Waals surface area contributed by atoms with Crippen LogP contribution in [0, 0.1) is 0 Å². The Bertz CT molecular complexity index is 507. The molecule has 1 aromatic rings. The van der Waals surface area contributed by atoms with E-state index < -0.39 is 7.05 Å². The molecule has 0 aliphatic carbocycles. The lowest BCUT2D eigenvalue weighted by atomic mass is 9.81. The van der Waals surface area contributed by atoms with Gasteiger partial charge in [-0.25, -0.2) is 4.79 Å². The maximum atomic E-state index is 11.6. The highest BCUT2D eigenvalue weighted by Crippen LogP contribution is 2.26. The first kappa shape index (κ1) is 12.5. The third kappa shape index (κ3) is 2.33. The Labute approximate surface area is 112 Å². The second kappa shape index (κ2) is 4.87. The summed E-state index contributed by atoms with van der Waals surface area (Å²) in [6.45, 7) is 4.44. The molecule has 19 heavy (non-hydrogen) atoms. The molecule has 5 nitrogen and oxygen atoms in total. The van der Waals surface area contributed by atoms with Gasteiger partial charge in [0.15, 0.2) is 0 Å². The van der Waals surface area contributed by atoms with E-state index >= 15 is 0 Å². The zero-order valence-electron chi connectivity index (χ0n) is 11.0. The molecule has 2 heterocycles. The first-order chi connectivity index (χ1) is 9.15. The Morgan fingerprint density at radius 3 is 2.84 bits per heavy atom. The van der Waals surface area contributed by atoms with E-state index in [1.165, 1.54) is 11.1 Å². The summed E-state index contributed by atoms with van der Waals surface area (Å²) >= 11 is 0. The number of hydrogen-bond donors (Lipinski definition) is 1. The Hall–Kier alpha value is -1.53. The van der Waals surface area contributed by atoms with Crippen LogP contribution in [-0.2, 0) is 17.7 Å². The quantitative estimate of drug-likeness (QED) is 0.809. The maximum Gasteiger partial charge on any atom is 0.414 e. The van der Waals surface area contributed by atoms with Gasteiger partial charge in [0.1, 0.15) is 6.61 Å². The molecule has 2 aliphatic rings. The smallest absolute Gasteiger partial charge is 0.414 e. The van der Waals surface area contributed by atoms with Gasteiger partial charge >= 0.3 is 13.1 Å². The molecule has 1 amide bonds. The summed E-state index contributed by atoms with van der Waals surface area (Å²) in [5.74, 6) is 0. The molecule has 0 radical (unpaired) electrons. The molecule has 100 valence electrons. The molecule has 0 saturated carbocycles. The number of ether oxygens (including phenoxy) is 1. The van der Waals surface area contributed by atoms with Crippen molar-refractivity contribution in [1.82, 2.24) is 4.81 Å². The third-order valence-corrected chi connectivity index (χ3v) is 3.83. The molecule has 0 spiro atoms. The van der Waals surface area contributed by atoms with Crippen LogP contribution < -0.4 is 4.90 Å². The lowest BCUT2D eigenvalue weighted by molar-refractivity contribution is 0.181. The van der Waals surface area contributed by atoms with E-state index in [1.54, 1.807) is 11.7 Å². The van der Waals surface area contributed by atoms with E-state index in [0.717, 1.165) is 25.2 Å². The minimum atomic E-state index is -0.437. The van der Waals surface area contributed by atoms with Crippen LogP contribution in [0.15, 0.2) is 18.2 Å². The van der Waals surface area contributed by atoms with Crippen LogP contribution in [0.2, 0.25) is 6.82 Å². The third-order valence-electron chi connectivity index (χ3n) is 3.83. The van der Waals surface area contributed by atoms with Gasteiger partial charge in [-0.15, -0.1) is 0 Å². The van der Waals surface area contributed by atoms with Gasteiger partial charge in [0.2, 0.25) is 0 Å². The molecule has 1 saturated heterocycles. The minimum absolute atomic E-state index is 0.275. The van der Waals surface area contributed by atoms with Gasteiger partial charge in [0.25, 0.3) is 0 Å². The van der Waals surface area contributed by atoms with Gasteiger partial charge in [0.05, 0.1) is 6.54 Å². The number of benzene rings is 1. The molecule has 1 aromatic carbocycles. The van der Waals surface area contributed by atoms with Crippen LogP contribution in [0.4, 0.5) is 10.5 Å². The average molecular weight is 260 g/mol. The highest BCUT2D eigenvalue weighted by molar-refractivity contribution is 6.45. The molecule has 1 fully saturated rings. The summed E-state index contributed by atoms with van der Waals surface area (Å²) in [4.78, 5) is 15.2. The van der Waals surface area contributed by atoms with E-state index in [2.05, 4.69) is 6.07 Å². The van der Waals surface area contributed by atoms with Crippen LogP contribution in [0.5, 0.6) is 0 Å². The highest BCUT2D eigenvalue weighted by atomic mass is 16.6. The number of anilines is 1. The second-order valence-electron chi connectivity index (χ2n) is 5.07. The Kier molecular flexibility index (Phi) is 3.20. The van der Waals surface area contributed by atoms with Crippen LogP contribution in [0.25, 0.3) is 0 Å². The van der Waals surface area contributed by atoms with E-state index in [-0.39, 0.29) is 6.09 Å². The van der Waals surface area contributed by atoms with E-state index in [9.17, 15) is 9.82 Å². The fourth-order valence-electron chi connectivity index (χ4n) is 2.68. The maximum absolute atomic E-state index is 11.6. The first-order valence-electron chi connectivity index (χ1n) is 6.63. The van der Waals surface area contributed by atoms with Gasteiger partial charge in [-0.2, -0.15) is 0 Å².